The van der Waals surface area contributed by atoms with Gasteiger partial charge in [-0.15, -0.1) is 0 Å². The maximum absolute atomic E-state index is 15.5. The number of esters is 3. The number of phenols is 1. The number of phenolic OH excluding ortho intramolecular Hbond substituents is 1. The molecule has 9 rings (SSSR count). The lowest BCUT2D eigenvalue weighted by Gasteiger charge is -2.71. The lowest BCUT2D eigenvalue weighted by atomic mass is 9.33. The van der Waals surface area contributed by atoms with Crippen LogP contribution >= 0.6 is 0 Å². The largest absolute Gasteiger partial charge is 0.508 e. The van der Waals surface area contributed by atoms with E-state index in [0.29, 0.717) is 31.2 Å². The second-order valence-corrected chi connectivity index (χ2v) is 25.7. The fourth-order valence-corrected chi connectivity index (χ4v) is 16.0. The predicted molar refractivity (Wildman–Crippen MR) is 271 cm³/mol. The van der Waals surface area contributed by atoms with Crippen LogP contribution in [0.3, 0.4) is 0 Å². The van der Waals surface area contributed by atoms with Crippen molar-refractivity contribution in [2.75, 3.05) is 20.3 Å². The van der Waals surface area contributed by atoms with Gasteiger partial charge < -0.3 is 89.0 Å². The second kappa shape index (κ2) is 21.6. The van der Waals surface area contributed by atoms with E-state index < -0.39 is 152 Å². The van der Waals surface area contributed by atoms with Crippen LogP contribution < -0.4 is 0 Å². The maximum atomic E-state index is 15.5. The summed E-state index contributed by atoms with van der Waals surface area (Å²) in [6.07, 6.45) is -15.4. The Kier molecular flexibility index (Phi) is 16.3. The molecule has 1 aromatic carbocycles. The van der Waals surface area contributed by atoms with E-state index in [1.807, 2.05) is 0 Å². The number of methoxy groups -OCH3 is 1. The minimum Gasteiger partial charge on any atom is -0.508 e. The Hall–Kier alpha value is -3.65. The Balaban J connectivity index is 0.999. The first-order valence-corrected chi connectivity index (χ1v) is 27.5. The number of allylic oxidation sites excluding steroid dienone is 2. The van der Waals surface area contributed by atoms with Crippen LogP contribution in [-0.4, -0.2) is 188 Å². The lowest BCUT2D eigenvalue weighted by molar-refractivity contribution is -0.347. The number of hydrogen-bond donors (Lipinski definition) is 10. The third kappa shape index (κ3) is 9.85. The van der Waals surface area contributed by atoms with Gasteiger partial charge in [-0.3, -0.25) is 4.79 Å². The lowest BCUT2D eigenvalue weighted by Crippen LogP contribution is -2.68. The molecule has 3 aliphatic heterocycles. The van der Waals surface area contributed by atoms with Crippen molar-refractivity contribution in [1.82, 2.24) is 0 Å². The predicted octanol–water partition coefficient (Wildman–Crippen LogP) is 1.90. The number of aromatic hydroxyl groups is 1. The van der Waals surface area contributed by atoms with Crippen molar-refractivity contribution in [3.05, 3.63) is 47.6 Å². The molecular weight excluding hydrogens is 1020 g/mol. The molecule has 0 amide bonds. The SMILES string of the molecule is COC(=O)[C@H]1O[C@@H](O[C@H]2CC[C@]3(C)[C@H]4CC=C5[C@@H]6CC(C)(C)CC[C@]6(C(=O)O[C@@H]6OC[C@@H](O)[C@H](O[C@@H]7O[C@H](CO)[C@@H](O)[C@H](O)[C@H]7O)[C@H]6OC(=O)/C=C/c6ccc(O)cc6)[C@H](O)C[C@@]5(C)[C@]4(C)CC[C@H]3C2(C)C)[C@H](O)[C@@H](O)[C@@H]1O. The third-order valence-electron chi connectivity index (χ3n) is 20.6. The Morgan fingerprint density at radius 1 is 0.718 bits per heavy atom. The van der Waals surface area contributed by atoms with Gasteiger partial charge in [-0.1, -0.05) is 72.2 Å². The molecule has 4 saturated carbocycles. The fourth-order valence-electron chi connectivity index (χ4n) is 16.0. The smallest absolute Gasteiger partial charge is 0.337 e. The zero-order valence-electron chi connectivity index (χ0n) is 45.8. The summed E-state index contributed by atoms with van der Waals surface area (Å²) in [4.78, 5) is 41.8. The topological polar surface area (TPSA) is 327 Å². The summed E-state index contributed by atoms with van der Waals surface area (Å²) in [6, 6.07) is 5.94. The molecule has 436 valence electrons. The van der Waals surface area contributed by atoms with Crippen molar-refractivity contribution in [1.29, 1.82) is 0 Å². The highest BCUT2D eigenvalue weighted by Gasteiger charge is 2.72. The highest BCUT2D eigenvalue weighted by atomic mass is 16.8. The van der Waals surface area contributed by atoms with Crippen molar-refractivity contribution < 1.29 is 103 Å². The average molecular weight is 1100 g/mol. The normalized spacial score (nSPS) is 46.8. The van der Waals surface area contributed by atoms with Crippen LogP contribution in [-0.2, 0) is 52.3 Å². The summed E-state index contributed by atoms with van der Waals surface area (Å²) in [5.74, 6) is -3.01. The van der Waals surface area contributed by atoms with Crippen LogP contribution in [0, 0.1) is 50.2 Å². The molecule has 3 saturated heterocycles. The average Bonchev–Trinajstić information content (AvgIpc) is 2.34. The molecule has 0 aromatic heterocycles. The summed E-state index contributed by atoms with van der Waals surface area (Å²) in [6.45, 7) is 14.1. The molecule has 78 heavy (non-hydrogen) atoms. The summed E-state index contributed by atoms with van der Waals surface area (Å²) < 4.78 is 47.1. The first-order chi connectivity index (χ1) is 36.6. The Labute approximate surface area is 454 Å². The van der Waals surface area contributed by atoms with Gasteiger partial charge in [-0.25, -0.2) is 9.59 Å². The van der Waals surface area contributed by atoms with Gasteiger partial charge in [0.25, 0.3) is 0 Å². The summed E-state index contributed by atoms with van der Waals surface area (Å²) in [5.41, 5.74) is -1.95. The van der Waals surface area contributed by atoms with E-state index >= 15 is 4.79 Å². The number of fused-ring (bicyclic) bond motifs is 7. The number of aliphatic hydroxyl groups is 9. The van der Waals surface area contributed by atoms with Crippen molar-refractivity contribution >= 4 is 24.0 Å². The Morgan fingerprint density at radius 2 is 1.38 bits per heavy atom. The van der Waals surface area contributed by atoms with Gasteiger partial charge in [0.2, 0.25) is 6.29 Å². The van der Waals surface area contributed by atoms with Gasteiger partial charge in [0, 0.05) is 6.08 Å². The van der Waals surface area contributed by atoms with Crippen molar-refractivity contribution in [3.8, 4) is 5.75 Å². The first kappa shape index (κ1) is 59.0. The summed E-state index contributed by atoms with van der Waals surface area (Å²) in [5, 5.41) is 109. The molecule has 23 atom stereocenters. The molecule has 0 bridgehead atoms. The molecular formula is C57H82O21. The molecule has 21 nitrogen and oxygen atoms in total. The van der Waals surface area contributed by atoms with E-state index in [9.17, 15) is 60.7 Å². The van der Waals surface area contributed by atoms with Crippen molar-refractivity contribution in [2.45, 2.75) is 204 Å². The third-order valence-corrected chi connectivity index (χ3v) is 20.6. The number of ether oxygens (including phenoxy) is 8. The van der Waals surface area contributed by atoms with Gasteiger partial charge in [-0.2, -0.15) is 0 Å². The highest BCUT2D eigenvalue weighted by Crippen LogP contribution is 2.76. The van der Waals surface area contributed by atoms with Crippen molar-refractivity contribution in [2.24, 2.45) is 50.2 Å². The van der Waals surface area contributed by atoms with E-state index in [1.165, 1.54) is 18.2 Å². The van der Waals surface area contributed by atoms with E-state index in [2.05, 4.69) is 54.5 Å². The van der Waals surface area contributed by atoms with E-state index in [0.717, 1.165) is 38.0 Å². The van der Waals surface area contributed by atoms with Crippen LogP contribution in [0.1, 0.15) is 112 Å². The van der Waals surface area contributed by atoms with Gasteiger partial charge in [0.1, 0.15) is 66.1 Å². The molecule has 3 heterocycles. The van der Waals surface area contributed by atoms with Crippen LogP contribution in [0.4, 0.5) is 0 Å². The molecule has 10 N–H and O–H groups in total. The van der Waals surface area contributed by atoms with Crippen LogP contribution in [0.25, 0.3) is 6.08 Å². The molecule has 0 unspecified atom stereocenters. The number of hydrogen-bond acceptors (Lipinski definition) is 21. The zero-order valence-corrected chi connectivity index (χ0v) is 45.8. The Morgan fingerprint density at radius 3 is 2.05 bits per heavy atom. The van der Waals surface area contributed by atoms with E-state index in [4.69, 9.17) is 37.9 Å². The standard InChI is InChI=1S/C57H82O21/c1-52(2)21-22-57(51(70)78-50-46(75-37(62)16-11-27-9-12-28(59)13-10-27)44(31(60)26-72-50)76-48-42(67)39(64)38(63)32(25-58)73-48)30(23-52)29-14-15-34-54(5)19-18-36(74-49-43(68)40(65)41(66)45(77-49)47(69)71-8)53(3,4)33(54)17-20-55(34,6)56(29,7)24-35(57)61/h9-14,16,30-36,38-46,48-50,58-61,63-68H,15,17-26H2,1-8H3/b16-11+/t30-,31+,32+,33-,34+,35+,36-,38+,39-,40-,41-,42+,43+,44-,45-,46+,48-,49+,50-,54-,55+,56+,57+/m0/s1. The summed E-state index contributed by atoms with van der Waals surface area (Å²) in [7, 11) is 1.14. The first-order valence-electron chi connectivity index (χ1n) is 27.5. The van der Waals surface area contributed by atoms with Crippen LogP contribution in [0.2, 0.25) is 0 Å². The number of carbonyl (C=O) groups is 3. The zero-order chi connectivity index (χ0) is 56.8. The van der Waals surface area contributed by atoms with Crippen molar-refractivity contribution in [3.63, 3.8) is 0 Å². The molecule has 8 aliphatic rings. The monoisotopic (exact) mass is 1100 g/mol. The number of rotatable bonds is 11. The Bertz CT molecular complexity index is 2430. The van der Waals surface area contributed by atoms with Crippen LogP contribution in [0.5, 0.6) is 5.75 Å². The fraction of sp³-hybridized carbons (Fsp3) is 0.772. The molecule has 0 radical (unpaired) electrons. The quantitative estimate of drug-likeness (QED) is 0.0497. The number of aliphatic hydroxyl groups excluding tert-OH is 9. The van der Waals surface area contributed by atoms with Gasteiger partial charge >= 0.3 is 17.9 Å². The summed E-state index contributed by atoms with van der Waals surface area (Å²) >= 11 is 0. The minimum atomic E-state index is -1.91. The highest BCUT2D eigenvalue weighted by molar-refractivity contribution is 5.87. The van der Waals surface area contributed by atoms with Crippen LogP contribution in [0.15, 0.2) is 42.0 Å². The molecule has 1 aromatic rings. The molecule has 7 fully saturated rings. The number of carbonyl (C=O) groups excluding carboxylic acids is 3. The molecule has 21 heteroatoms. The second-order valence-electron chi connectivity index (χ2n) is 25.7. The molecule has 5 aliphatic carbocycles. The minimum absolute atomic E-state index is 0.00156. The van der Waals surface area contributed by atoms with Gasteiger partial charge in [0.15, 0.2) is 24.8 Å². The van der Waals surface area contributed by atoms with Gasteiger partial charge in [-0.05, 0) is 126 Å². The maximum Gasteiger partial charge on any atom is 0.337 e. The molecule has 0 spiro atoms. The van der Waals surface area contributed by atoms with E-state index in [-0.39, 0.29) is 46.7 Å². The van der Waals surface area contributed by atoms with E-state index in [1.54, 1.807) is 12.1 Å². The number of benzene rings is 1. The van der Waals surface area contributed by atoms with Gasteiger partial charge in [0.05, 0.1) is 32.5 Å².